The lowest BCUT2D eigenvalue weighted by Gasteiger charge is -2.13. The summed E-state index contributed by atoms with van der Waals surface area (Å²) < 4.78 is 1.04. The van der Waals surface area contributed by atoms with Crippen LogP contribution < -0.4 is 5.32 Å². The van der Waals surface area contributed by atoms with Gasteiger partial charge in [0.05, 0.1) is 11.4 Å². The number of hydrogen-bond acceptors (Lipinski definition) is 1. The molecule has 1 atom stereocenters. The summed E-state index contributed by atoms with van der Waals surface area (Å²) in [6.07, 6.45) is 0. The van der Waals surface area contributed by atoms with E-state index in [9.17, 15) is 4.79 Å². The number of carbonyl (C=O) groups is 1. The standard InChI is InChI=1S/C10H11Br2NO/c1-7(13-10(14)6-11)8-2-4-9(12)5-3-8/h2-5,7H,6H2,1H3,(H,13,14)/t7-/m1/s1. The van der Waals surface area contributed by atoms with Crippen molar-refractivity contribution in [2.45, 2.75) is 13.0 Å². The Morgan fingerprint density at radius 3 is 2.50 bits per heavy atom. The van der Waals surface area contributed by atoms with Crippen LogP contribution in [-0.2, 0) is 4.79 Å². The van der Waals surface area contributed by atoms with Crippen LogP contribution in [0.15, 0.2) is 28.7 Å². The molecule has 2 nitrogen and oxygen atoms in total. The first-order valence-corrected chi connectivity index (χ1v) is 6.15. The van der Waals surface area contributed by atoms with E-state index in [4.69, 9.17) is 0 Å². The van der Waals surface area contributed by atoms with Crippen LogP contribution >= 0.6 is 31.9 Å². The van der Waals surface area contributed by atoms with Gasteiger partial charge in [-0.2, -0.15) is 0 Å². The molecule has 0 fully saturated rings. The average molecular weight is 321 g/mol. The number of halogens is 2. The molecule has 1 aromatic carbocycles. The third kappa shape index (κ3) is 3.42. The van der Waals surface area contributed by atoms with Gasteiger partial charge in [-0.25, -0.2) is 0 Å². The van der Waals surface area contributed by atoms with Crippen molar-refractivity contribution >= 4 is 37.8 Å². The van der Waals surface area contributed by atoms with E-state index in [1.165, 1.54) is 0 Å². The maximum atomic E-state index is 11.1. The summed E-state index contributed by atoms with van der Waals surface area (Å²) in [5.74, 6) is 0.000388. The lowest BCUT2D eigenvalue weighted by atomic mass is 10.1. The van der Waals surface area contributed by atoms with Crippen LogP contribution in [0.3, 0.4) is 0 Å². The monoisotopic (exact) mass is 319 g/mol. The molecule has 1 amide bonds. The van der Waals surface area contributed by atoms with Gasteiger partial charge < -0.3 is 5.32 Å². The predicted molar refractivity (Wildman–Crippen MR) is 64.5 cm³/mol. The SMILES string of the molecule is C[C@@H](NC(=O)CBr)c1ccc(Br)cc1. The van der Waals surface area contributed by atoms with Gasteiger partial charge in [0.1, 0.15) is 0 Å². The molecule has 76 valence electrons. The molecule has 1 N–H and O–H groups in total. The number of benzene rings is 1. The summed E-state index contributed by atoms with van der Waals surface area (Å²) in [7, 11) is 0. The zero-order chi connectivity index (χ0) is 10.6. The van der Waals surface area contributed by atoms with Crippen molar-refractivity contribution in [3.63, 3.8) is 0 Å². The molecular weight excluding hydrogens is 310 g/mol. The Bertz CT molecular complexity index is 310. The summed E-state index contributed by atoms with van der Waals surface area (Å²) >= 11 is 6.47. The van der Waals surface area contributed by atoms with E-state index in [0.717, 1.165) is 10.0 Å². The number of amides is 1. The molecule has 0 aliphatic heterocycles. The van der Waals surface area contributed by atoms with E-state index in [-0.39, 0.29) is 11.9 Å². The quantitative estimate of drug-likeness (QED) is 0.852. The molecule has 0 spiro atoms. The van der Waals surface area contributed by atoms with Crippen molar-refractivity contribution in [2.24, 2.45) is 0 Å². The second-order valence-electron chi connectivity index (χ2n) is 2.97. The van der Waals surface area contributed by atoms with Gasteiger partial charge in [-0.1, -0.05) is 44.0 Å². The molecule has 0 aliphatic carbocycles. The van der Waals surface area contributed by atoms with Gasteiger partial charge in [0.2, 0.25) is 5.91 Å². The van der Waals surface area contributed by atoms with Crippen LogP contribution in [0, 0.1) is 0 Å². The molecule has 1 aromatic rings. The molecule has 0 aliphatic rings. The van der Waals surface area contributed by atoms with E-state index >= 15 is 0 Å². The second-order valence-corrected chi connectivity index (χ2v) is 4.45. The highest BCUT2D eigenvalue weighted by molar-refractivity contribution is 9.10. The van der Waals surface area contributed by atoms with E-state index in [1.807, 2.05) is 31.2 Å². The Balaban J connectivity index is 2.65. The zero-order valence-electron chi connectivity index (χ0n) is 7.76. The highest BCUT2D eigenvalue weighted by Crippen LogP contribution is 2.16. The minimum absolute atomic E-state index is 0.000388. The van der Waals surface area contributed by atoms with E-state index in [0.29, 0.717) is 5.33 Å². The van der Waals surface area contributed by atoms with Crippen LogP contribution in [0.2, 0.25) is 0 Å². The van der Waals surface area contributed by atoms with Crippen molar-refractivity contribution in [1.82, 2.24) is 5.32 Å². The van der Waals surface area contributed by atoms with Gasteiger partial charge >= 0.3 is 0 Å². The van der Waals surface area contributed by atoms with Crippen molar-refractivity contribution in [2.75, 3.05) is 5.33 Å². The Hall–Kier alpha value is -0.350. The van der Waals surface area contributed by atoms with Gasteiger partial charge in [0.25, 0.3) is 0 Å². The maximum Gasteiger partial charge on any atom is 0.231 e. The van der Waals surface area contributed by atoms with Crippen LogP contribution in [0.5, 0.6) is 0 Å². The smallest absolute Gasteiger partial charge is 0.231 e. The van der Waals surface area contributed by atoms with E-state index < -0.39 is 0 Å². The fourth-order valence-corrected chi connectivity index (χ4v) is 1.54. The molecule has 0 radical (unpaired) electrons. The molecule has 14 heavy (non-hydrogen) atoms. The number of nitrogens with one attached hydrogen (secondary N) is 1. The zero-order valence-corrected chi connectivity index (χ0v) is 10.9. The largest absolute Gasteiger partial charge is 0.349 e. The summed E-state index contributed by atoms with van der Waals surface area (Å²) in [6.45, 7) is 1.96. The first kappa shape index (κ1) is 11.7. The Labute approximate surface area is 100 Å². The Kier molecular flexibility index (Phi) is 4.62. The van der Waals surface area contributed by atoms with Gasteiger partial charge in [-0.15, -0.1) is 0 Å². The summed E-state index contributed by atoms with van der Waals surface area (Å²) in [5.41, 5.74) is 1.10. The molecule has 0 bridgehead atoms. The summed E-state index contributed by atoms with van der Waals surface area (Å²) in [4.78, 5) is 11.1. The fraction of sp³-hybridized carbons (Fsp3) is 0.300. The molecule has 4 heteroatoms. The maximum absolute atomic E-state index is 11.1. The minimum Gasteiger partial charge on any atom is -0.349 e. The Morgan fingerprint density at radius 2 is 2.00 bits per heavy atom. The van der Waals surface area contributed by atoms with Crippen LogP contribution in [-0.4, -0.2) is 11.2 Å². The van der Waals surface area contributed by atoms with Crippen molar-refractivity contribution < 1.29 is 4.79 Å². The fourth-order valence-electron chi connectivity index (χ4n) is 1.11. The minimum atomic E-state index is 0.000388. The predicted octanol–water partition coefficient (Wildman–Crippen LogP) is 3.02. The summed E-state index contributed by atoms with van der Waals surface area (Å²) in [5, 5.41) is 3.21. The van der Waals surface area contributed by atoms with Crippen LogP contribution in [0.1, 0.15) is 18.5 Å². The highest BCUT2D eigenvalue weighted by Gasteiger charge is 2.07. The topological polar surface area (TPSA) is 29.1 Å². The number of carbonyl (C=O) groups excluding carboxylic acids is 1. The summed E-state index contributed by atoms with van der Waals surface area (Å²) in [6, 6.07) is 7.96. The normalized spacial score (nSPS) is 12.2. The van der Waals surface area contributed by atoms with Gasteiger partial charge in [-0.3, -0.25) is 4.79 Å². The van der Waals surface area contributed by atoms with E-state index in [2.05, 4.69) is 37.2 Å². The van der Waals surface area contributed by atoms with Crippen molar-refractivity contribution in [1.29, 1.82) is 0 Å². The molecular formula is C10H11Br2NO. The number of rotatable bonds is 3. The number of alkyl halides is 1. The van der Waals surface area contributed by atoms with Crippen LogP contribution in [0.4, 0.5) is 0 Å². The highest BCUT2D eigenvalue weighted by atomic mass is 79.9. The van der Waals surface area contributed by atoms with Crippen molar-refractivity contribution in [3.8, 4) is 0 Å². The third-order valence-electron chi connectivity index (χ3n) is 1.87. The van der Waals surface area contributed by atoms with Gasteiger partial charge in [0.15, 0.2) is 0 Å². The Morgan fingerprint density at radius 1 is 1.43 bits per heavy atom. The number of hydrogen-bond donors (Lipinski definition) is 1. The molecule has 0 heterocycles. The van der Waals surface area contributed by atoms with Gasteiger partial charge in [-0.05, 0) is 24.6 Å². The molecule has 0 saturated carbocycles. The van der Waals surface area contributed by atoms with Crippen molar-refractivity contribution in [3.05, 3.63) is 34.3 Å². The van der Waals surface area contributed by atoms with Gasteiger partial charge in [0, 0.05) is 4.47 Å². The van der Waals surface area contributed by atoms with Crippen LogP contribution in [0.25, 0.3) is 0 Å². The lowest BCUT2D eigenvalue weighted by molar-refractivity contribution is -0.119. The first-order chi connectivity index (χ1) is 6.63. The molecule has 1 rings (SSSR count). The molecule has 0 unspecified atom stereocenters. The third-order valence-corrected chi connectivity index (χ3v) is 2.91. The average Bonchev–Trinajstić information content (AvgIpc) is 2.18. The van der Waals surface area contributed by atoms with E-state index in [1.54, 1.807) is 0 Å². The molecule has 0 saturated heterocycles. The lowest BCUT2D eigenvalue weighted by Crippen LogP contribution is -2.27. The second kappa shape index (κ2) is 5.51. The first-order valence-electron chi connectivity index (χ1n) is 4.24. The molecule has 0 aromatic heterocycles.